The Morgan fingerprint density at radius 2 is 2.24 bits per heavy atom. The summed E-state index contributed by atoms with van der Waals surface area (Å²) in [4.78, 5) is 13.9. The Kier molecular flexibility index (Phi) is 5.92. The number of hydrogen-bond acceptors (Lipinski definition) is 4. The number of esters is 1. The van der Waals surface area contributed by atoms with Crippen LogP contribution in [0.25, 0.3) is 0 Å². The van der Waals surface area contributed by atoms with Crippen molar-refractivity contribution in [2.45, 2.75) is 51.6 Å². The van der Waals surface area contributed by atoms with E-state index >= 15 is 0 Å². The molecule has 0 aliphatic carbocycles. The van der Waals surface area contributed by atoms with Crippen LogP contribution in [0.4, 0.5) is 0 Å². The molecule has 1 aliphatic heterocycles. The van der Waals surface area contributed by atoms with Gasteiger partial charge in [0.1, 0.15) is 0 Å². The lowest BCUT2D eigenvalue weighted by Gasteiger charge is -2.33. The van der Waals surface area contributed by atoms with E-state index < -0.39 is 0 Å². The Morgan fingerprint density at radius 1 is 1.53 bits per heavy atom. The summed E-state index contributed by atoms with van der Waals surface area (Å²) in [5.41, 5.74) is 0. The molecule has 100 valence electrons. The molecule has 1 aliphatic rings. The second kappa shape index (κ2) is 6.97. The molecule has 0 bridgehead atoms. The van der Waals surface area contributed by atoms with Crippen molar-refractivity contribution in [3.63, 3.8) is 0 Å². The fraction of sp³-hybridized carbons (Fsp3) is 0.923. The van der Waals surface area contributed by atoms with Gasteiger partial charge in [-0.3, -0.25) is 9.69 Å². The molecule has 3 unspecified atom stereocenters. The topological polar surface area (TPSA) is 49.8 Å². The predicted molar refractivity (Wildman–Crippen MR) is 66.7 cm³/mol. The van der Waals surface area contributed by atoms with Crippen molar-refractivity contribution in [1.82, 2.24) is 4.90 Å². The first kappa shape index (κ1) is 14.5. The van der Waals surface area contributed by atoms with Gasteiger partial charge in [0.05, 0.1) is 13.0 Å². The molecule has 0 amide bonds. The van der Waals surface area contributed by atoms with Crippen molar-refractivity contribution in [2.24, 2.45) is 5.92 Å². The monoisotopic (exact) mass is 243 g/mol. The molecule has 1 fully saturated rings. The summed E-state index contributed by atoms with van der Waals surface area (Å²) in [7, 11) is 1.44. The number of ether oxygens (including phenoxy) is 1. The molecular weight excluding hydrogens is 218 g/mol. The first-order chi connectivity index (χ1) is 8.11. The lowest BCUT2D eigenvalue weighted by Crippen LogP contribution is -2.43. The third kappa shape index (κ3) is 3.68. The smallest absolute Gasteiger partial charge is 0.309 e. The van der Waals surface area contributed by atoms with Crippen molar-refractivity contribution in [3.8, 4) is 0 Å². The van der Waals surface area contributed by atoms with Gasteiger partial charge in [0, 0.05) is 18.7 Å². The highest BCUT2D eigenvalue weighted by molar-refractivity contribution is 5.72. The van der Waals surface area contributed by atoms with Crippen LogP contribution in [0.2, 0.25) is 0 Å². The number of carbonyl (C=O) groups is 1. The maximum Gasteiger partial charge on any atom is 0.309 e. The van der Waals surface area contributed by atoms with Gasteiger partial charge in [0.25, 0.3) is 0 Å². The maximum atomic E-state index is 11.5. The van der Waals surface area contributed by atoms with Crippen LogP contribution in [0, 0.1) is 5.92 Å². The lowest BCUT2D eigenvalue weighted by molar-refractivity contribution is -0.147. The van der Waals surface area contributed by atoms with Gasteiger partial charge in [-0.2, -0.15) is 0 Å². The van der Waals surface area contributed by atoms with Crippen LogP contribution in [0.1, 0.15) is 39.5 Å². The second-order valence-corrected chi connectivity index (χ2v) is 4.95. The average molecular weight is 243 g/mol. The zero-order valence-electron chi connectivity index (χ0n) is 11.2. The zero-order valence-corrected chi connectivity index (χ0v) is 11.2. The van der Waals surface area contributed by atoms with E-state index in [2.05, 4.69) is 11.8 Å². The molecule has 0 spiro atoms. The quantitative estimate of drug-likeness (QED) is 0.717. The molecule has 0 saturated carbocycles. The Balaban J connectivity index is 2.54. The van der Waals surface area contributed by atoms with E-state index in [0.29, 0.717) is 6.04 Å². The predicted octanol–water partition coefficient (Wildman–Crippen LogP) is 1.42. The highest BCUT2D eigenvalue weighted by Gasteiger charge is 2.33. The van der Waals surface area contributed by atoms with Crippen molar-refractivity contribution in [3.05, 3.63) is 0 Å². The van der Waals surface area contributed by atoms with E-state index in [0.717, 1.165) is 19.4 Å². The SMILES string of the molecule is COC(=O)C(C)C(C)N1CCCC1CCCO. The third-order valence-electron chi connectivity index (χ3n) is 3.94. The van der Waals surface area contributed by atoms with Crippen molar-refractivity contribution in [2.75, 3.05) is 20.3 Å². The molecule has 0 aromatic carbocycles. The first-order valence-electron chi connectivity index (χ1n) is 6.56. The molecule has 17 heavy (non-hydrogen) atoms. The van der Waals surface area contributed by atoms with Gasteiger partial charge in [0.15, 0.2) is 0 Å². The van der Waals surface area contributed by atoms with Crippen LogP contribution in [0.15, 0.2) is 0 Å². The van der Waals surface area contributed by atoms with Gasteiger partial charge in [-0.05, 0) is 39.2 Å². The molecule has 1 rings (SSSR count). The van der Waals surface area contributed by atoms with Crippen molar-refractivity contribution >= 4 is 5.97 Å². The van der Waals surface area contributed by atoms with Crippen LogP contribution in [0.5, 0.6) is 0 Å². The molecule has 0 aromatic heterocycles. The van der Waals surface area contributed by atoms with Crippen LogP contribution in [-0.4, -0.2) is 48.3 Å². The van der Waals surface area contributed by atoms with Crippen LogP contribution >= 0.6 is 0 Å². The van der Waals surface area contributed by atoms with E-state index in [4.69, 9.17) is 9.84 Å². The van der Waals surface area contributed by atoms with Crippen LogP contribution < -0.4 is 0 Å². The molecule has 0 aromatic rings. The Bertz CT molecular complexity index is 245. The minimum Gasteiger partial charge on any atom is -0.469 e. The molecule has 1 saturated heterocycles. The summed E-state index contributed by atoms with van der Waals surface area (Å²) in [6, 6.07) is 0.734. The minimum atomic E-state index is -0.134. The number of carbonyl (C=O) groups excluding carboxylic acids is 1. The minimum absolute atomic E-state index is 0.0882. The molecule has 4 heteroatoms. The lowest BCUT2D eigenvalue weighted by atomic mass is 10.00. The summed E-state index contributed by atoms with van der Waals surface area (Å²) in [5.74, 6) is -0.222. The van der Waals surface area contributed by atoms with Gasteiger partial charge in [-0.15, -0.1) is 0 Å². The molecular formula is C13H25NO3. The average Bonchev–Trinajstić information content (AvgIpc) is 2.81. The maximum absolute atomic E-state index is 11.5. The van der Waals surface area contributed by atoms with Crippen molar-refractivity contribution < 1.29 is 14.6 Å². The Morgan fingerprint density at radius 3 is 2.82 bits per heavy atom. The third-order valence-corrected chi connectivity index (χ3v) is 3.94. The molecule has 1 N–H and O–H groups in total. The summed E-state index contributed by atoms with van der Waals surface area (Å²) in [6.45, 7) is 5.33. The van der Waals surface area contributed by atoms with Crippen LogP contribution in [0.3, 0.4) is 0 Å². The van der Waals surface area contributed by atoms with Gasteiger partial charge in [-0.25, -0.2) is 0 Å². The summed E-state index contributed by atoms with van der Waals surface area (Å²) in [5, 5.41) is 8.89. The van der Waals surface area contributed by atoms with Gasteiger partial charge in [-0.1, -0.05) is 6.92 Å². The summed E-state index contributed by atoms with van der Waals surface area (Å²) < 4.78 is 4.80. The molecule has 0 radical (unpaired) electrons. The number of rotatable bonds is 6. The number of hydrogen-bond donors (Lipinski definition) is 1. The number of nitrogens with zero attached hydrogens (tertiary/aromatic N) is 1. The summed E-state index contributed by atoms with van der Waals surface area (Å²) in [6.07, 6.45) is 4.24. The zero-order chi connectivity index (χ0) is 12.8. The van der Waals surface area contributed by atoms with E-state index in [1.54, 1.807) is 0 Å². The molecule has 1 heterocycles. The van der Waals surface area contributed by atoms with Crippen molar-refractivity contribution in [1.29, 1.82) is 0 Å². The summed E-state index contributed by atoms with van der Waals surface area (Å²) >= 11 is 0. The van der Waals surface area contributed by atoms with E-state index in [-0.39, 0.29) is 24.5 Å². The fourth-order valence-electron chi connectivity index (χ4n) is 2.70. The highest BCUT2D eigenvalue weighted by Crippen LogP contribution is 2.26. The van der Waals surface area contributed by atoms with Crippen LogP contribution in [-0.2, 0) is 9.53 Å². The second-order valence-electron chi connectivity index (χ2n) is 4.95. The van der Waals surface area contributed by atoms with E-state index in [9.17, 15) is 4.79 Å². The highest BCUT2D eigenvalue weighted by atomic mass is 16.5. The fourth-order valence-corrected chi connectivity index (χ4v) is 2.70. The standard InChI is InChI=1S/C13H25NO3/c1-10(13(16)17-3)11(2)14-8-4-6-12(14)7-5-9-15/h10-12,15H,4-9H2,1-3H3. The number of methoxy groups -OCH3 is 1. The number of aliphatic hydroxyl groups is 1. The Labute approximate surface area is 104 Å². The largest absolute Gasteiger partial charge is 0.469 e. The molecule has 4 nitrogen and oxygen atoms in total. The number of aliphatic hydroxyl groups excluding tert-OH is 1. The Hall–Kier alpha value is -0.610. The van der Waals surface area contributed by atoms with Gasteiger partial charge < -0.3 is 9.84 Å². The van der Waals surface area contributed by atoms with E-state index in [1.807, 2.05) is 6.92 Å². The first-order valence-corrected chi connectivity index (χ1v) is 6.56. The normalized spacial score (nSPS) is 24.6. The molecule has 3 atom stereocenters. The van der Waals surface area contributed by atoms with Gasteiger partial charge in [0.2, 0.25) is 0 Å². The van der Waals surface area contributed by atoms with Gasteiger partial charge >= 0.3 is 5.97 Å². The number of likely N-dealkylation sites (tertiary alicyclic amines) is 1. The van der Waals surface area contributed by atoms with E-state index in [1.165, 1.54) is 20.0 Å².